The molecule has 0 radical (unpaired) electrons. The number of benzene rings is 1. The molecule has 0 unspecified atom stereocenters. The molecule has 82 valence electrons. The number of Topliss-reactive ketones (excluding diaryl/α,β-unsaturated/α-hetero) is 1. The molecule has 1 rings (SSSR count). The summed E-state index contributed by atoms with van der Waals surface area (Å²) >= 11 is 1.06. The van der Waals surface area contributed by atoms with Crippen molar-refractivity contribution in [1.29, 1.82) is 0 Å². The first-order valence-electron chi connectivity index (χ1n) is 4.37. The number of nitrogens with two attached hydrogens (primary N) is 1. The molecule has 1 aromatic carbocycles. The summed E-state index contributed by atoms with van der Waals surface area (Å²) in [5, 5.41) is 0. The lowest BCUT2D eigenvalue weighted by Crippen LogP contribution is -2.13. The van der Waals surface area contributed by atoms with Crippen molar-refractivity contribution in [1.82, 2.24) is 0 Å². The molecule has 5 heteroatoms. The van der Waals surface area contributed by atoms with E-state index in [1.54, 1.807) is 24.3 Å². The van der Waals surface area contributed by atoms with E-state index in [1.807, 2.05) is 0 Å². The van der Waals surface area contributed by atoms with Crippen LogP contribution in [0.5, 0.6) is 0 Å². The largest absolute Gasteiger partial charge is 0.324 e. The van der Waals surface area contributed by atoms with Gasteiger partial charge in [-0.25, -0.2) is 8.78 Å². The van der Waals surface area contributed by atoms with Crippen molar-refractivity contribution in [2.75, 3.05) is 12.3 Å². The standard InChI is InChI=1S/C10H11F2NOS/c11-10(12)6-15-8-3-1-7(2-4-8)9(14)5-13/h1-4,10H,5-6,13H2. The van der Waals surface area contributed by atoms with Crippen LogP contribution in [0.15, 0.2) is 29.2 Å². The molecule has 0 bridgehead atoms. The van der Waals surface area contributed by atoms with Gasteiger partial charge in [0.05, 0.1) is 12.3 Å². The van der Waals surface area contributed by atoms with E-state index in [4.69, 9.17) is 5.73 Å². The molecule has 2 nitrogen and oxygen atoms in total. The van der Waals surface area contributed by atoms with Crippen LogP contribution < -0.4 is 5.73 Å². The van der Waals surface area contributed by atoms with Crippen LogP contribution in [-0.2, 0) is 0 Å². The smallest absolute Gasteiger partial charge is 0.247 e. The molecule has 0 amide bonds. The summed E-state index contributed by atoms with van der Waals surface area (Å²) in [6.45, 7) is -0.0382. The topological polar surface area (TPSA) is 43.1 Å². The van der Waals surface area contributed by atoms with Crippen LogP contribution in [0, 0.1) is 0 Å². The number of ketones is 1. The number of hydrogen-bond donors (Lipinski definition) is 1. The Morgan fingerprint density at radius 1 is 1.33 bits per heavy atom. The number of hydrogen-bond acceptors (Lipinski definition) is 3. The van der Waals surface area contributed by atoms with Crippen molar-refractivity contribution >= 4 is 17.5 Å². The summed E-state index contributed by atoms with van der Waals surface area (Å²) < 4.78 is 23.8. The second-order valence-electron chi connectivity index (χ2n) is 2.85. The van der Waals surface area contributed by atoms with E-state index in [1.165, 1.54) is 0 Å². The van der Waals surface area contributed by atoms with Gasteiger partial charge >= 0.3 is 0 Å². The highest BCUT2D eigenvalue weighted by Gasteiger charge is 2.05. The lowest BCUT2D eigenvalue weighted by Gasteiger charge is -2.02. The average molecular weight is 231 g/mol. The molecule has 1 aromatic rings. The number of carbonyl (C=O) groups excluding carboxylic acids is 1. The molecule has 0 fully saturated rings. The van der Waals surface area contributed by atoms with Crippen LogP contribution in [0.3, 0.4) is 0 Å². The van der Waals surface area contributed by atoms with E-state index in [2.05, 4.69) is 0 Å². The molecule has 0 saturated carbocycles. The Balaban J connectivity index is 2.60. The molecule has 0 aliphatic carbocycles. The van der Waals surface area contributed by atoms with Gasteiger partial charge in [0.2, 0.25) is 6.43 Å². The maximum Gasteiger partial charge on any atom is 0.247 e. The Morgan fingerprint density at radius 2 is 1.93 bits per heavy atom. The summed E-state index contributed by atoms with van der Waals surface area (Å²) in [7, 11) is 0. The number of halogens is 2. The van der Waals surface area contributed by atoms with Crippen molar-refractivity contribution in [2.45, 2.75) is 11.3 Å². The first-order valence-corrected chi connectivity index (χ1v) is 5.36. The van der Waals surface area contributed by atoms with Gasteiger partial charge < -0.3 is 5.73 Å². The maximum atomic E-state index is 11.9. The molecule has 0 aliphatic heterocycles. The normalized spacial score (nSPS) is 10.7. The van der Waals surface area contributed by atoms with Gasteiger partial charge in [-0.05, 0) is 12.1 Å². The predicted molar refractivity (Wildman–Crippen MR) is 56.6 cm³/mol. The zero-order chi connectivity index (χ0) is 11.3. The number of alkyl halides is 2. The molecule has 0 saturated heterocycles. The van der Waals surface area contributed by atoms with Gasteiger partial charge in [0.15, 0.2) is 5.78 Å². The third-order valence-corrected chi connectivity index (χ3v) is 2.76. The van der Waals surface area contributed by atoms with Crippen molar-refractivity contribution in [3.8, 4) is 0 Å². The van der Waals surface area contributed by atoms with Crippen LogP contribution >= 0.6 is 11.8 Å². The summed E-state index contributed by atoms with van der Waals surface area (Å²) in [5.74, 6) is -0.384. The Kier molecular flexibility index (Phi) is 4.71. The minimum absolute atomic E-state index is 0.0382. The minimum Gasteiger partial charge on any atom is -0.324 e. The van der Waals surface area contributed by atoms with Crippen LogP contribution in [0.1, 0.15) is 10.4 Å². The van der Waals surface area contributed by atoms with Crippen LogP contribution in [-0.4, -0.2) is 24.5 Å². The number of carbonyl (C=O) groups is 1. The third kappa shape index (κ3) is 3.97. The van der Waals surface area contributed by atoms with Crippen molar-refractivity contribution < 1.29 is 13.6 Å². The van der Waals surface area contributed by atoms with Gasteiger partial charge in [-0.1, -0.05) is 12.1 Å². The average Bonchev–Trinajstić information content (AvgIpc) is 2.26. The quantitative estimate of drug-likeness (QED) is 0.624. The zero-order valence-corrected chi connectivity index (χ0v) is 8.77. The fourth-order valence-corrected chi connectivity index (χ4v) is 1.66. The first-order chi connectivity index (χ1) is 7.13. The summed E-state index contributed by atoms with van der Waals surface area (Å²) in [6, 6.07) is 6.50. The SMILES string of the molecule is NCC(=O)c1ccc(SCC(F)F)cc1. The second kappa shape index (κ2) is 5.82. The third-order valence-electron chi connectivity index (χ3n) is 1.74. The zero-order valence-electron chi connectivity index (χ0n) is 7.95. The van der Waals surface area contributed by atoms with E-state index in [9.17, 15) is 13.6 Å². The Labute approximate surface area is 90.8 Å². The molecule has 2 N–H and O–H groups in total. The fourth-order valence-electron chi connectivity index (χ4n) is 1.01. The van der Waals surface area contributed by atoms with Gasteiger partial charge in [0, 0.05) is 10.5 Å². The molecule has 0 heterocycles. The van der Waals surface area contributed by atoms with Gasteiger partial charge in [-0.2, -0.15) is 0 Å². The summed E-state index contributed by atoms with van der Waals surface area (Å²) in [5.41, 5.74) is 5.70. The Bertz CT molecular complexity index is 327. The highest BCUT2D eigenvalue weighted by molar-refractivity contribution is 7.99. The van der Waals surface area contributed by atoms with E-state index in [0.29, 0.717) is 5.56 Å². The monoisotopic (exact) mass is 231 g/mol. The lowest BCUT2D eigenvalue weighted by molar-refractivity contribution is 0.100. The molecular formula is C10H11F2NOS. The minimum atomic E-state index is -2.32. The van der Waals surface area contributed by atoms with Gasteiger partial charge in [-0.3, -0.25) is 4.79 Å². The fraction of sp³-hybridized carbons (Fsp3) is 0.300. The highest BCUT2D eigenvalue weighted by atomic mass is 32.2. The van der Waals surface area contributed by atoms with Gasteiger partial charge in [0.1, 0.15) is 0 Å². The Hall–Kier alpha value is -0.940. The summed E-state index contributed by atoms with van der Waals surface area (Å²) in [6.07, 6.45) is -2.32. The van der Waals surface area contributed by atoms with Crippen LogP contribution in [0.25, 0.3) is 0 Å². The molecule has 0 spiro atoms. The Morgan fingerprint density at radius 3 is 2.40 bits per heavy atom. The summed E-state index contributed by atoms with van der Waals surface area (Å²) in [4.78, 5) is 11.9. The second-order valence-corrected chi connectivity index (χ2v) is 3.95. The lowest BCUT2D eigenvalue weighted by atomic mass is 10.1. The maximum absolute atomic E-state index is 11.9. The molecular weight excluding hydrogens is 220 g/mol. The number of thioether (sulfide) groups is 1. The van der Waals surface area contributed by atoms with E-state index < -0.39 is 6.43 Å². The number of rotatable bonds is 5. The molecule has 0 atom stereocenters. The van der Waals surface area contributed by atoms with E-state index in [0.717, 1.165) is 16.7 Å². The van der Waals surface area contributed by atoms with Crippen molar-refractivity contribution in [2.24, 2.45) is 5.73 Å². The molecule has 0 aromatic heterocycles. The van der Waals surface area contributed by atoms with E-state index in [-0.39, 0.29) is 18.1 Å². The molecule has 0 aliphatic rings. The van der Waals surface area contributed by atoms with Crippen molar-refractivity contribution in [3.05, 3.63) is 29.8 Å². The van der Waals surface area contributed by atoms with Gasteiger partial charge in [0.25, 0.3) is 0 Å². The first kappa shape index (κ1) is 12.1. The highest BCUT2D eigenvalue weighted by Crippen LogP contribution is 2.20. The van der Waals surface area contributed by atoms with Crippen LogP contribution in [0.2, 0.25) is 0 Å². The van der Waals surface area contributed by atoms with E-state index >= 15 is 0 Å². The predicted octanol–water partition coefficient (Wildman–Crippen LogP) is 2.19. The molecule has 15 heavy (non-hydrogen) atoms. The van der Waals surface area contributed by atoms with Crippen LogP contribution in [0.4, 0.5) is 8.78 Å². The van der Waals surface area contributed by atoms with Gasteiger partial charge in [-0.15, -0.1) is 11.8 Å². The van der Waals surface area contributed by atoms with Crippen molar-refractivity contribution in [3.63, 3.8) is 0 Å².